The zero-order chi connectivity index (χ0) is 12.8. The lowest BCUT2D eigenvalue weighted by atomic mass is 10.1. The molecule has 4 heteroatoms. The van der Waals surface area contributed by atoms with Crippen molar-refractivity contribution >= 4 is 44.0 Å². The maximum Gasteiger partial charge on any atom is 0.168 e. The molecule has 2 aromatic rings. The van der Waals surface area contributed by atoms with Crippen LogP contribution in [0.3, 0.4) is 0 Å². The van der Waals surface area contributed by atoms with Crippen molar-refractivity contribution in [2.45, 2.75) is 13.3 Å². The van der Waals surface area contributed by atoms with E-state index in [2.05, 4.69) is 46.5 Å². The van der Waals surface area contributed by atoms with Crippen LogP contribution >= 0.6 is 23.1 Å². The van der Waals surface area contributed by atoms with Crippen molar-refractivity contribution in [1.29, 1.82) is 0 Å². The van der Waals surface area contributed by atoms with E-state index in [0.29, 0.717) is 0 Å². The van der Waals surface area contributed by atoms with Gasteiger partial charge in [0, 0.05) is 16.1 Å². The molecule has 0 saturated heterocycles. The molecule has 2 aliphatic rings. The highest BCUT2D eigenvalue weighted by atomic mass is 32.2. The van der Waals surface area contributed by atoms with Gasteiger partial charge < -0.3 is 4.90 Å². The first-order chi connectivity index (χ1) is 9.36. The van der Waals surface area contributed by atoms with Gasteiger partial charge in [0.05, 0.1) is 12.2 Å². The van der Waals surface area contributed by atoms with E-state index < -0.39 is 0 Å². The van der Waals surface area contributed by atoms with Gasteiger partial charge in [-0.2, -0.15) is 0 Å². The van der Waals surface area contributed by atoms with E-state index >= 15 is 0 Å². The van der Waals surface area contributed by atoms with Gasteiger partial charge in [-0.15, -0.1) is 11.3 Å². The lowest BCUT2D eigenvalue weighted by molar-refractivity contribution is 0.647. The Labute approximate surface area is 120 Å². The molecule has 1 aromatic carbocycles. The van der Waals surface area contributed by atoms with E-state index in [4.69, 9.17) is 0 Å². The predicted molar refractivity (Wildman–Crippen MR) is 85.6 cm³/mol. The van der Waals surface area contributed by atoms with Crippen LogP contribution in [0.2, 0.25) is 0 Å². The summed E-state index contributed by atoms with van der Waals surface area (Å²) in [4.78, 5) is 8.43. The molecule has 0 amide bonds. The third-order valence-corrected chi connectivity index (χ3v) is 5.76. The molecule has 0 atom stereocenters. The number of fused-ring (bicyclic) bond motifs is 2. The third-order valence-electron chi connectivity index (χ3n) is 3.60. The Kier molecular flexibility index (Phi) is 2.67. The molecule has 1 aromatic heterocycles. The number of nitrogens with zero attached hydrogens (tertiary/aromatic N) is 2. The van der Waals surface area contributed by atoms with Crippen LogP contribution in [0.15, 0.2) is 39.5 Å². The lowest BCUT2D eigenvalue weighted by Crippen LogP contribution is -2.19. The van der Waals surface area contributed by atoms with Gasteiger partial charge >= 0.3 is 0 Å². The van der Waals surface area contributed by atoms with Crippen LogP contribution in [0.25, 0.3) is 15.8 Å². The summed E-state index contributed by atoms with van der Waals surface area (Å²) >= 11 is 3.66. The van der Waals surface area contributed by atoms with Crippen molar-refractivity contribution in [3.63, 3.8) is 0 Å². The molecule has 2 aliphatic heterocycles. The SMILES string of the molecule is CCC1=C(c2ccc3sccc3c2)N2CCN=C2S1. The molecular weight excluding hydrogens is 272 g/mol. The normalized spacial score (nSPS) is 18.4. The van der Waals surface area contributed by atoms with Crippen molar-refractivity contribution < 1.29 is 0 Å². The van der Waals surface area contributed by atoms with Crippen LogP contribution < -0.4 is 0 Å². The number of aliphatic imine (C=N–C) groups is 1. The Morgan fingerprint density at radius 1 is 1.32 bits per heavy atom. The van der Waals surface area contributed by atoms with Gasteiger partial charge in [0.25, 0.3) is 0 Å². The molecule has 0 bridgehead atoms. The van der Waals surface area contributed by atoms with Gasteiger partial charge in [-0.1, -0.05) is 24.8 Å². The minimum atomic E-state index is 0.934. The monoisotopic (exact) mass is 286 g/mol. The third kappa shape index (κ3) is 1.74. The Hall–Kier alpha value is -1.26. The minimum absolute atomic E-state index is 0.934. The highest BCUT2D eigenvalue weighted by Crippen LogP contribution is 2.43. The fourth-order valence-corrected chi connectivity index (χ4v) is 4.61. The molecule has 2 nitrogen and oxygen atoms in total. The van der Waals surface area contributed by atoms with E-state index in [-0.39, 0.29) is 0 Å². The molecule has 96 valence electrons. The van der Waals surface area contributed by atoms with Crippen LogP contribution in [0.1, 0.15) is 18.9 Å². The number of hydrogen-bond donors (Lipinski definition) is 0. The number of benzene rings is 1. The van der Waals surface area contributed by atoms with Crippen LogP contribution in [0.4, 0.5) is 0 Å². The second-order valence-corrected chi connectivity index (χ2v) is 6.73. The van der Waals surface area contributed by atoms with Gasteiger partial charge in [0.2, 0.25) is 0 Å². The molecule has 0 fully saturated rings. The summed E-state index contributed by atoms with van der Waals surface area (Å²) < 4.78 is 1.36. The van der Waals surface area contributed by atoms with Gasteiger partial charge in [-0.25, -0.2) is 0 Å². The maximum atomic E-state index is 4.59. The van der Waals surface area contributed by atoms with Crippen molar-refractivity contribution in [2.24, 2.45) is 4.99 Å². The van der Waals surface area contributed by atoms with Crippen molar-refractivity contribution in [2.75, 3.05) is 13.1 Å². The van der Waals surface area contributed by atoms with Crippen molar-refractivity contribution in [3.05, 3.63) is 40.1 Å². The standard InChI is InChI=1S/C15H14N2S2/c1-2-12-14(17-7-6-16-15(17)19-12)11-3-4-13-10(9-11)5-8-18-13/h3-5,8-9H,2,6-7H2,1H3. The first-order valence-electron chi connectivity index (χ1n) is 6.57. The first-order valence-corrected chi connectivity index (χ1v) is 8.27. The Morgan fingerprint density at radius 3 is 3.16 bits per heavy atom. The smallest absolute Gasteiger partial charge is 0.168 e. The van der Waals surface area contributed by atoms with Crippen LogP contribution in [-0.2, 0) is 0 Å². The van der Waals surface area contributed by atoms with Crippen LogP contribution in [0.5, 0.6) is 0 Å². The van der Waals surface area contributed by atoms with E-state index in [1.54, 1.807) is 11.3 Å². The predicted octanol–water partition coefficient (Wildman–Crippen LogP) is 4.40. The van der Waals surface area contributed by atoms with Gasteiger partial charge in [0.1, 0.15) is 0 Å². The number of rotatable bonds is 2. The minimum Gasteiger partial charge on any atom is -0.318 e. The fourth-order valence-electron chi connectivity index (χ4n) is 2.70. The van der Waals surface area contributed by atoms with E-state index in [1.807, 2.05) is 11.8 Å². The first kappa shape index (κ1) is 11.6. The number of amidine groups is 1. The van der Waals surface area contributed by atoms with E-state index in [9.17, 15) is 0 Å². The van der Waals surface area contributed by atoms with Gasteiger partial charge in [-0.05, 0) is 40.9 Å². The van der Waals surface area contributed by atoms with Gasteiger partial charge in [-0.3, -0.25) is 4.99 Å². The molecule has 19 heavy (non-hydrogen) atoms. The van der Waals surface area contributed by atoms with Crippen molar-refractivity contribution in [3.8, 4) is 0 Å². The van der Waals surface area contributed by atoms with Crippen molar-refractivity contribution in [1.82, 2.24) is 4.90 Å². The van der Waals surface area contributed by atoms with E-state index in [1.165, 1.54) is 31.4 Å². The number of thiophene rings is 1. The highest BCUT2D eigenvalue weighted by Gasteiger charge is 2.31. The molecule has 0 saturated carbocycles. The summed E-state index contributed by atoms with van der Waals surface area (Å²) in [5, 5.41) is 4.70. The topological polar surface area (TPSA) is 15.6 Å². The molecule has 4 rings (SSSR count). The summed E-state index contributed by atoms with van der Waals surface area (Å²) in [6, 6.07) is 9.02. The molecule has 0 N–H and O–H groups in total. The summed E-state index contributed by atoms with van der Waals surface area (Å²) in [6.07, 6.45) is 1.08. The highest BCUT2D eigenvalue weighted by molar-refractivity contribution is 8.17. The number of hydrogen-bond acceptors (Lipinski definition) is 4. The average Bonchev–Trinajstić information content (AvgIpc) is 3.11. The summed E-state index contributed by atoms with van der Waals surface area (Å²) in [5.74, 6) is 0. The second kappa shape index (κ2) is 4.39. The van der Waals surface area contributed by atoms with E-state index in [0.717, 1.165) is 19.5 Å². The summed E-state index contributed by atoms with van der Waals surface area (Å²) in [7, 11) is 0. The molecule has 0 aliphatic carbocycles. The van der Waals surface area contributed by atoms with Crippen LogP contribution in [0, 0.1) is 0 Å². The fraction of sp³-hybridized carbons (Fsp3) is 0.267. The van der Waals surface area contributed by atoms with Gasteiger partial charge in [0.15, 0.2) is 5.17 Å². The summed E-state index contributed by atoms with van der Waals surface area (Å²) in [5.41, 5.74) is 2.72. The quantitative estimate of drug-likeness (QED) is 0.813. The Morgan fingerprint density at radius 2 is 2.26 bits per heavy atom. The summed E-state index contributed by atoms with van der Waals surface area (Å²) in [6.45, 7) is 4.19. The Bertz CT molecular complexity index is 712. The zero-order valence-electron chi connectivity index (χ0n) is 10.7. The Balaban J connectivity index is 1.86. The zero-order valence-corrected chi connectivity index (χ0v) is 12.4. The maximum absolute atomic E-state index is 4.59. The lowest BCUT2D eigenvalue weighted by Gasteiger charge is -2.17. The average molecular weight is 286 g/mol. The number of thioether (sulfide) groups is 1. The second-order valence-electron chi connectivity index (χ2n) is 4.72. The largest absolute Gasteiger partial charge is 0.318 e. The van der Waals surface area contributed by atoms with Crippen LogP contribution in [-0.4, -0.2) is 23.2 Å². The molecule has 0 radical (unpaired) electrons. The molecule has 0 unspecified atom stereocenters. The molecular formula is C15H14N2S2. The molecule has 0 spiro atoms. The number of allylic oxidation sites excluding steroid dienone is 1. The molecule has 3 heterocycles.